The predicted octanol–water partition coefficient (Wildman–Crippen LogP) is 1.02. The molecule has 0 bridgehead atoms. The van der Waals surface area contributed by atoms with E-state index in [0.717, 1.165) is 70.2 Å². The minimum atomic E-state index is -0.242. The summed E-state index contributed by atoms with van der Waals surface area (Å²) in [5.74, 6) is 2.10. The fourth-order valence-corrected chi connectivity index (χ4v) is 3.60. The van der Waals surface area contributed by atoms with Crippen molar-refractivity contribution in [1.82, 2.24) is 14.7 Å². The number of furan rings is 1. The van der Waals surface area contributed by atoms with Crippen molar-refractivity contribution in [2.75, 3.05) is 46.3 Å². The molecule has 3 heterocycles. The number of aryl methyl sites for hydroxylation is 1. The van der Waals surface area contributed by atoms with E-state index in [-0.39, 0.29) is 12.1 Å². The molecule has 1 aromatic heterocycles. The Morgan fingerprint density at radius 2 is 1.86 bits per heavy atom. The van der Waals surface area contributed by atoms with Crippen LogP contribution in [0.5, 0.6) is 0 Å². The lowest BCUT2D eigenvalue weighted by molar-refractivity contribution is 0.0512. The third kappa shape index (κ3) is 3.71. The number of likely N-dealkylation sites (N-methyl/N-ethyl adjacent to an activating group) is 1. The molecule has 2 saturated heterocycles. The molecule has 1 aromatic rings. The van der Waals surface area contributed by atoms with Gasteiger partial charge in [-0.05, 0) is 25.6 Å². The molecule has 2 fully saturated rings. The Balaban J connectivity index is 1.53. The first-order chi connectivity index (χ1) is 10.7. The van der Waals surface area contributed by atoms with E-state index in [9.17, 15) is 5.11 Å². The minimum absolute atomic E-state index is 0.242. The second kappa shape index (κ2) is 7.13. The molecule has 2 aliphatic rings. The van der Waals surface area contributed by atoms with Gasteiger partial charge in [-0.1, -0.05) is 6.92 Å². The predicted molar refractivity (Wildman–Crippen MR) is 86.8 cm³/mol. The number of nitrogens with zero attached hydrogens (tertiary/aromatic N) is 3. The van der Waals surface area contributed by atoms with Gasteiger partial charge in [0, 0.05) is 51.7 Å². The number of likely N-dealkylation sites (tertiary alicyclic amines) is 1. The Morgan fingerprint density at radius 3 is 2.59 bits per heavy atom. The highest BCUT2D eigenvalue weighted by Gasteiger charge is 2.36. The summed E-state index contributed by atoms with van der Waals surface area (Å²) in [6.07, 6.45) is 1.88. The Morgan fingerprint density at radius 1 is 1.14 bits per heavy atom. The molecule has 0 amide bonds. The van der Waals surface area contributed by atoms with Crippen LogP contribution < -0.4 is 0 Å². The Bertz CT molecular complexity index is 468. The molecule has 0 saturated carbocycles. The number of aliphatic hydroxyl groups excluding tert-OH is 1. The molecule has 0 aliphatic carbocycles. The van der Waals surface area contributed by atoms with Gasteiger partial charge in [0.05, 0.1) is 12.6 Å². The van der Waals surface area contributed by atoms with Crippen molar-refractivity contribution >= 4 is 0 Å². The first kappa shape index (κ1) is 16.0. The van der Waals surface area contributed by atoms with Crippen molar-refractivity contribution in [2.24, 2.45) is 0 Å². The van der Waals surface area contributed by atoms with E-state index in [4.69, 9.17) is 4.42 Å². The molecule has 0 radical (unpaired) electrons. The van der Waals surface area contributed by atoms with Crippen molar-refractivity contribution in [1.29, 1.82) is 0 Å². The maximum atomic E-state index is 10.4. The average molecular weight is 307 g/mol. The Labute approximate surface area is 133 Å². The third-order valence-corrected chi connectivity index (χ3v) is 4.93. The fourth-order valence-electron chi connectivity index (χ4n) is 3.60. The van der Waals surface area contributed by atoms with Gasteiger partial charge >= 0.3 is 0 Å². The Hall–Kier alpha value is -0.880. The summed E-state index contributed by atoms with van der Waals surface area (Å²) in [7, 11) is 2.17. The lowest BCUT2D eigenvalue weighted by atomic mass is 10.1. The molecule has 0 spiro atoms. The summed E-state index contributed by atoms with van der Waals surface area (Å²) in [6.45, 7) is 8.99. The summed E-state index contributed by atoms with van der Waals surface area (Å²) >= 11 is 0. The van der Waals surface area contributed by atoms with Crippen LogP contribution in [0, 0.1) is 0 Å². The lowest BCUT2D eigenvalue weighted by Crippen LogP contribution is -2.52. The second-order valence-corrected chi connectivity index (χ2v) is 6.79. The number of hydrogen-bond donors (Lipinski definition) is 1. The number of piperazine rings is 1. The Kier molecular flexibility index (Phi) is 5.18. The standard InChI is InChI=1S/C17H29N3O2/c1-3-4-14-5-6-15(22-14)11-19-12-16(17(21)13-19)20-9-7-18(2)8-10-20/h5-6,16-17,21H,3-4,7-13H2,1-2H3/t16-,17-/m0/s1. The van der Waals surface area contributed by atoms with Gasteiger partial charge in [0.2, 0.25) is 0 Å². The number of hydrogen-bond acceptors (Lipinski definition) is 5. The molecular weight excluding hydrogens is 278 g/mol. The van der Waals surface area contributed by atoms with E-state index in [0.29, 0.717) is 0 Å². The molecule has 2 aliphatic heterocycles. The van der Waals surface area contributed by atoms with E-state index in [1.54, 1.807) is 0 Å². The van der Waals surface area contributed by atoms with E-state index >= 15 is 0 Å². The van der Waals surface area contributed by atoms with Crippen molar-refractivity contribution in [3.05, 3.63) is 23.7 Å². The van der Waals surface area contributed by atoms with Crippen LogP contribution >= 0.6 is 0 Å². The zero-order valence-corrected chi connectivity index (χ0v) is 13.9. The molecule has 0 unspecified atom stereocenters. The number of rotatable bonds is 5. The van der Waals surface area contributed by atoms with Crippen LogP contribution in [-0.2, 0) is 13.0 Å². The number of β-amino-alcohol motifs (C(OH)–C–C–N with tert-alkyl or cyclic N) is 1. The van der Waals surface area contributed by atoms with Crippen LogP contribution in [0.25, 0.3) is 0 Å². The van der Waals surface area contributed by atoms with Crippen LogP contribution in [0.2, 0.25) is 0 Å². The highest BCUT2D eigenvalue weighted by molar-refractivity contribution is 5.08. The van der Waals surface area contributed by atoms with Crippen LogP contribution in [0.15, 0.2) is 16.5 Å². The normalized spacial score (nSPS) is 28.5. The average Bonchev–Trinajstić information content (AvgIpc) is 3.08. The second-order valence-electron chi connectivity index (χ2n) is 6.79. The zero-order chi connectivity index (χ0) is 15.5. The third-order valence-electron chi connectivity index (χ3n) is 4.93. The molecule has 5 heteroatoms. The SMILES string of the molecule is CCCc1ccc(CN2C[C@H](O)[C@@H](N3CCN(C)CC3)C2)o1. The molecule has 3 rings (SSSR count). The highest BCUT2D eigenvalue weighted by atomic mass is 16.3. The van der Waals surface area contributed by atoms with E-state index in [2.05, 4.69) is 40.8 Å². The van der Waals surface area contributed by atoms with Crippen molar-refractivity contribution in [3.8, 4) is 0 Å². The quantitative estimate of drug-likeness (QED) is 0.880. The van der Waals surface area contributed by atoms with Gasteiger partial charge in [-0.25, -0.2) is 0 Å². The first-order valence-corrected chi connectivity index (χ1v) is 8.56. The molecule has 2 atom stereocenters. The van der Waals surface area contributed by atoms with Gasteiger partial charge in [-0.3, -0.25) is 9.80 Å². The molecule has 5 nitrogen and oxygen atoms in total. The zero-order valence-electron chi connectivity index (χ0n) is 13.9. The summed E-state index contributed by atoms with van der Waals surface area (Å²) < 4.78 is 5.87. The highest BCUT2D eigenvalue weighted by Crippen LogP contribution is 2.21. The monoisotopic (exact) mass is 307 g/mol. The summed E-state index contributed by atoms with van der Waals surface area (Å²) in [5, 5.41) is 10.4. The van der Waals surface area contributed by atoms with Gasteiger partial charge in [0.25, 0.3) is 0 Å². The molecular formula is C17H29N3O2. The maximum absolute atomic E-state index is 10.4. The van der Waals surface area contributed by atoms with Crippen LogP contribution in [0.1, 0.15) is 24.9 Å². The van der Waals surface area contributed by atoms with Crippen LogP contribution in [-0.4, -0.2) is 78.3 Å². The fraction of sp³-hybridized carbons (Fsp3) is 0.765. The molecule has 124 valence electrons. The summed E-state index contributed by atoms with van der Waals surface area (Å²) in [5.41, 5.74) is 0. The van der Waals surface area contributed by atoms with Crippen LogP contribution in [0.3, 0.4) is 0 Å². The summed E-state index contributed by atoms with van der Waals surface area (Å²) in [6, 6.07) is 4.45. The van der Waals surface area contributed by atoms with Crippen LogP contribution in [0.4, 0.5) is 0 Å². The van der Waals surface area contributed by atoms with Gasteiger partial charge in [0.1, 0.15) is 11.5 Å². The van der Waals surface area contributed by atoms with Gasteiger partial charge < -0.3 is 14.4 Å². The van der Waals surface area contributed by atoms with Crippen molar-refractivity contribution in [2.45, 2.75) is 38.5 Å². The van der Waals surface area contributed by atoms with E-state index in [1.165, 1.54) is 0 Å². The van der Waals surface area contributed by atoms with Gasteiger partial charge in [-0.2, -0.15) is 0 Å². The van der Waals surface area contributed by atoms with Gasteiger partial charge in [-0.15, -0.1) is 0 Å². The topological polar surface area (TPSA) is 43.1 Å². The summed E-state index contributed by atoms with van der Waals surface area (Å²) in [4.78, 5) is 7.13. The largest absolute Gasteiger partial charge is 0.465 e. The minimum Gasteiger partial charge on any atom is -0.465 e. The lowest BCUT2D eigenvalue weighted by Gasteiger charge is -2.37. The maximum Gasteiger partial charge on any atom is 0.118 e. The molecule has 1 N–H and O–H groups in total. The van der Waals surface area contributed by atoms with Crippen molar-refractivity contribution < 1.29 is 9.52 Å². The smallest absolute Gasteiger partial charge is 0.118 e. The van der Waals surface area contributed by atoms with E-state index < -0.39 is 0 Å². The first-order valence-electron chi connectivity index (χ1n) is 8.56. The van der Waals surface area contributed by atoms with Gasteiger partial charge in [0.15, 0.2) is 0 Å². The van der Waals surface area contributed by atoms with Crippen molar-refractivity contribution in [3.63, 3.8) is 0 Å². The number of aliphatic hydroxyl groups is 1. The van der Waals surface area contributed by atoms with E-state index in [1.807, 2.05) is 0 Å². The molecule has 22 heavy (non-hydrogen) atoms. The molecule has 0 aromatic carbocycles.